The molecule has 1 aromatic heterocycles. The molecule has 0 saturated carbocycles. The topological polar surface area (TPSA) is 42.2 Å². The minimum Gasteiger partial charge on any atom is -0.477 e. The van der Waals surface area contributed by atoms with Crippen molar-refractivity contribution < 1.29 is 9.90 Å². The molecule has 3 nitrogen and oxygen atoms in total. The molecule has 4 heteroatoms. The molecule has 0 aliphatic rings. The van der Waals surface area contributed by atoms with Crippen molar-refractivity contribution in [2.24, 2.45) is 7.05 Å². The molecule has 0 aliphatic heterocycles. The number of unbranched alkanes of at least 4 members (excludes halogenated alkanes) is 9. The van der Waals surface area contributed by atoms with Gasteiger partial charge in [-0.1, -0.05) is 76.3 Å². The zero-order chi connectivity index (χ0) is 16.4. The van der Waals surface area contributed by atoms with Gasteiger partial charge in [0, 0.05) is 12.7 Å². The van der Waals surface area contributed by atoms with Gasteiger partial charge in [0.05, 0.1) is 5.02 Å². The summed E-state index contributed by atoms with van der Waals surface area (Å²) in [5.74, 6) is -0.957. The summed E-state index contributed by atoms with van der Waals surface area (Å²) in [4.78, 5) is 11.1. The van der Waals surface area contributed by atoms with Crippen molar-refractivity contribution >= 4 is 17.6 Å². The third-order valence-electron chi connectivity index (χ3n) is 4.27. The molecule has 0 atom stereocenters. The third kappa shape index (κ3) is 6.43. The molecular formula is C18H30ClNO2. The van der Waals surface area contributed by atoms with E-state index in [-0.39, 0.29) is 5.69 Å². The highest BCUT2D eigenvalue weighted by Gasteiger charge is 2.16. The number of aryl methyl sites for hydroxylation is 1. The number of carboxylic acid groups (broad SMARTS) is 1. The number of hydrogen-bond acceptors (Lipinski definition) is 1. The quantitative estimate of drug-likeness (QED) is 0.490. The third-order valence-corrected chi connectivity index (χ3v) is 4.56. The van der Waals surface area contributed by atoms with Gasteiger partial charge in [0.25, 0.3) is 0 Å². The molecule has 0 aromatic carbocycles. The number of halogens is 1. The minimum atomic E-state index is -0.957. The van der Waals surface area contributed by atoms with Gasteiger partial charge in [-0.05, 0) is 18.9 Å². The number of hydrogen-bond donors (Lipinski definition) is 1. The summed E-state index contributed by atoms with van der Waals surface area (Å²) in [6.07, 6.45) is 14.0. The summed E-state index contributed by atoms with van der Waals surface area (Å²) in [7, 11) is 1.78. The normalized spacial score (nSPS) is 11.0. The van der Waals surface area contributed by atoms with Crippen LogP contribution in [0.3, 0.4) is 0 Å². The van der Waals surface area contributed by atoms with Gasteiger partial charge in [0.2, 0.25) is 0 Å². The van der Waals surface area contributed by atoms with Gasteiger partial charge in [0.15, 0.2) is 0 Å². The van der Waals surface area contributed by atoms with Crippen LogP contribution in [0.2, 0.25) is 5.02 Å². The van der Waals surface area contributed by atoms with Crippen molar-refractivity contribution in [1.82, 2.24) is 4.57 Å². The molecule has 0 unspecified atom stereocenters. The van der Waals surface area contributed by atoms with E-state index >= 15 is 0 Å². The smallest absolute Gasteiger partial charge is 0.354 e. The lowest BCUT2D eigenvalue weighted by Gasteiger charge is -2.05. The van der Waals surface area contributed by atoms with Crippen molar-refractivity contribution in [2.45, 2.75) is 77.6 Å². The predicted molar refractivity (Wildman–Crippen MR) is 92.9 cm³/mol. The fourth-order valence-electron chi connectivity index (χ4n) is 2.89. The number of carbonyl (C=O) groups is 1. The summed E-state index contributed by atoms with van der Waals surface area (Å²) in [5.41, 5.74) is 1.21. The van der Waals surface area contributed by atoms with Crippen LogP contribution in [0.15, 0.2) is 6.07 Å². The van der Waals surface area contributed by atoms with E-state index < -0.39 is 5.97 Å². The molecule has 1 heterocycles. The first-order valence-electron chi connectivity index (χ1n) is 8.65. The molecule has 22 heavy (non-hydrogen) atoms. The Labute approximate surface area is 139 Å². The Hall–Kier alpha value is -0.960. The lowest BCUT2D eigenvalue weighted by Crippen LogP contribution is -2.07. The summed E-state index contributed by atoms with van der Waals surface area (Å²) >= 11 is 5.98. The van der Waals surface area contributed by atoms with Crippen LogP contribution < -0.4 is 0 Å². The van der Waals surface area contributed by atoms with E-state index in [0.717, 1.165) is 18.5 Å². The van der Waals surface area contributed by atoms with Gasteiger partial charge in [-0.3, -0.25) is 0 Å². The second-order valence-corrected chi connectivity index (χ2v) is 6.54. The molecule has 0 fully saturated rings. The minimum absolute atomic E-state index is 0.198. The van der Waals surface area contributed by atoms with Gasteiger partial charge in [-0.25, -0.2) is 4.79 Å². The maximum atomic E-state index is 11.1. The van der Waals surface area contributed by atoms with Gasteiger partial charge in [-0.2, -0.15) is 0 Å². The van der Waals surface area contributed by atoms with Gasteiger partial charge >= 0.3 is 5.97 Å². The summed E-state index contributed by atoms with van der Waals surface area (Å²) in [6, 6.07) is 1.79. The van der Waals surface area contributed by atoms with Gasteiger partial charge in [0.1, 0.15) is 5.69 Å². The standard InChI is InChI=1S/C18H30ClNO2/c1-3-4-5-6-7-8-9-10-11-12-13-15-14-16(19)17(18(21)22)20(15)2/h14H,3-13H2,1-2H3,(H,21,22). The SMILES string of the molecule is CCCCCCCCCCCCc1cc(Cl)c(C(=O)O)n1C. The highest BCUT2D eigenvalue weighted by atomic mass is 35.5. The van der Waals surface area contributed by atoms with Crippen LogP contribution in [-0.2, 0) is 13.5 Å². The second kappa shape index (κ2) is 10.7. The lowest BCUT2D eigenvalue weighted by molar-refractivity contribution is 0.0686. The Kier molecular flexibility index (Phi) is 9.30. The Bertz CT molecular complexity index is 454. The number of carboxylic acids is 1. The van der Waals surface area contributed by atoms with E-state index in [2.05, 4.69) is 6.92 Å². The fraction of sp³-hybridized carbons (Fsp3) is 0.722. The maximum Gasteiger partial charge on any atom is 0.354 e. The van der Waals surface area contributed by atoms with E-state index in [0.29, 0.717) is 5.02 Å². The van der Waals surface area contributed by atoms with Crippen LogP contribution in [0.4, 0.5) is 0 Å². The van der Waals surface area contributed by atoms with Crippen LogP contribution in [-0.4, -0.2) is 15.6 Å². The van der Waals surface area contributed by atoms with E-state index in [1.54, 1.807) is 17.7 Å². The zero-order valence-electron chi connectivity index (χ0n) is 14.0. The van der Waals surface area contributed by atoms with Crippen LogP contribution in [0.5, 0.6) is 0 Å². The molecule has 126 valence electrons. The van der Waals surface area contributed by atoms with Crippen molar-refractivity contribution in [3.05, 3.63) is 22.5 Å². The molecule has 0 bridgehead atoms. The van der Waals surface area contributed by atoms with Crippen LogP contribution in [0, 0.1) is 0 Å². The lowest BCUT2D eigenvalue weighted by atomic mass is 10.1. The fourth-order valence-corrected chi connectivity index (χ4v) is 3.23. The predicted octanol–water partition coefficient (Wildman–Crippen LogP) is 5.84. The number of aromatic nitrogens is 1. The molecule has 0 amide bonds. The summed E-state index contributed by atoms with van der Waals surface area (Å²) in [5, 5.41) is 9.45. The molecule has 0 saturated heterocycles. The van der Waals surface area contributed by atoms with Crippen LogP contribution >= 0.6 is 11.6 Å². The van der Waals surface area contributed by atoms with Crippen molar-refractivity contribution in [2.75, 3.05) is 0 Å². The Balaban J connectivity index is 2.13. The highest BCUT2D eigenvalue weighted by Crippen LogP contribution is 2.22. The van der Waals surface area contributed by atoms with E-state index in [4.69, 9.17) is 16.7 Å². The Morgan fingerprint density at radius 1 is 1.05 bits per heavy atom. The van der Waals surface area contributed by atoms with Crippen LogP contribution in [0.1, 0.15) is 87.3 Å². The molecule has 0 spiro atoms. The van der Waals surface area contributed by atoms with Crippen molar-refractivity contribution in [3.8, 4) is 0 Å². The molecule has 1 N–H and O–H groups in total. The molecule has 1 rings (SSSR count). The largest absolute Gasteiger partial charge is 0.477 e. The van der Waals surface area contributed by atoms with E-state index in [1.807, 2.05) is 0 Å². The average molecular weight is 328 g/mol. The first-order chi connectivity index (χ1) is 10.6. The van der Waals surface area contributed by atoms with Crippen LogP contribution in [0.25, 0.3) is 0 Å². The summed E-state index contributed by atoms with van der Waals surface area (Å²) in [6.45, 7) is 2.25. The van der Waals surface area contributed by atoms with Crippen molar-refractivity contribution in [3.63, 3.8) is 0 Å². The van der Waals surface area contributed by atoms with Gasteiger partial charge < -0.3 is 9.67 Å². The first kappa shape index (κ1) is 19.1. The first-order valence-corrected chi connectivity index (χ1v) is 9.03. The second-order valence-electron chi connectivity index (χ2n) is 6.13. The number of nitrogens with zero attached hydrogens (tertiary/aromatic N) is 1. The average Bonchev–Trinajstić information content (AvgIpc) is 2.75. The maximum absolute atomic E-state index is 11.1. The van der Waals surface area contributed by atoms with Gasteiger partial charge in [-0.15, -0.1) is 0 Å². The Morgan fingerprint density at radius 2 is 1.55 bits per heavy atom. The molecule has 0 radical (unpaired) electrons. The highest BCUT2D eigenvalue weighted by molar-refractivity contribution is 6.33. The zero-order valence-corrected chi connectivity index (χ0v) is 14.8. The monoisotopic (exact) mass is 327 g/mol. The molecular weight excluding hydrogens is 298 g/mol. The molecule has 1 aromatic rings. The van der Waals surface area contributed by atoms with Crippen molar-refractivity contribution in [1.29, 1.82) is 0 Å². The Morgan fingerprint density at radius 3 is 2.00 bits per heavy atom. The molecule has 0 aliphatic carbocycles. The summed E-state index contributed by atoms with van der Waals surface area (Å²) < 4.78 is 1.71. The number of aromatic carboxylic acids is 1. The number of rotatable bonds is 12. The van der Waals surface area contributed by atoms with E-state index in [1.165, 1.54) is 57.8 Å². The van der Waals surface area contributed by atoms with E-state index in [9.17, 15) is 4.79 Å².